The van der Waals surface area contributed by atoms with Crippen LogP contribution >= 0.6 is 0 Å². The van der Waals surface area contributed by atoms with Gasteiger partial charge in [-0.15, -0.1) is 0 Å². The number of carbonyl (C=O) groups excluding carboxylic acids is 2. The lowest BCUT2D eigenvalue weighted by Crippen LogP contribution is -2.48. The maximum atomic E-state index is 13.5. The van der Waals surface area contributed by atoms with Crippen molar-refractivity contribution in [3.63, 3.8) is 0 Å². The number of aliphatic hydroxyl groups is 2. The monoisotopic (exact) mass is 484 g/mol. The van der Waals surface area contributed by atoms with Gasteiger partial charge < -0.3 is 24.4 Å². The minimum Gasteiger partial charge on any atom is -0.469 e. The fraction of sp³-hybridized carbons (Fsp3) is 0.852. The van der Waals surface area contributed by atoms with Crippen LogP contribution in [-0.2, 0) is 23.8 Å². The molecule has 1 aliphatic heterocycles. The summed E-state index contributed by atoms with van der Waals surface area (Å²) in [7, 11) is 2.78. The van der Waals surface area contributed by atoms with Crippen molar-refractivity contribution in [3.05, 3.63) is 11.6 Å². The summed E-state index contributed by atoms with van der Waals surface area (Å²) in [6.45, 7) is 17.3. The molecule has 0 radical (unpaired) electrons. The van der Waals surface area contributed by atoms with E-state index in [0.717, 1.165) is 0 Å². The van der Waals surface area contributed by atoms with E-state index in [2.05, 4.69) is 17.7 Å². The van der Waals surface area contributed by atoms with Crippen LogP contribution in [0.2, 0.25) is 0 Å². The van der Waals surface area contributed by atoms with E-state index in [-0.39, 0.29) is 36.1 Å². The van der Waals surface area contributed by atoms with Crippen LogP contribution in [0.5, 0.6) is 0 Å². The quantitative estimate of drug-likeness (QED) is 0.218. The van der Waals surface area contributed by atoms with Crippen LogP contribution in [0.1, 0.15) is 75.2 Å². The molecule has 1 fully saturated rings. The van der Waals surface area contributed by atoms with Crippen molar-refractivity contribution in [2.24, 2.45) is 29.1 Å². The Balaban J connectivity index is 2.86. The summed E-state index contributed by atoms with van der Waals surface area (Å²) in [6.07, 6.45) is 0.170. The molecule has 9 atom stereocenters. The number of carbonyl (C=O) groups is 2. The third-order valence-electron chi connectivity index (χ3n) is 7.55. The Morgan fingerprint density at radius 2 is 1.68 bits per heavy atom. The Morgan fingerprint density at radius 1 is 1.12 bits per heavy atom. The summed E-state index contributed by atoms with van der Waals surface area (Å²) >= 11 is 0. The molecule has 0 aromatic rings. The van der Waals surface area contributed by atoms with Gasteiger partial charge in [0.2, 0.25) is 0 Å². The molecule has 0 bridgehead atoms. The second kappa shape index (κ2) is 12.1. The summed E-state index contributed by atoms with van der Waals surface area (Å²) in [6, 6.07) is 0. The Bertz CT molecular complexity index is 726. The van der Waals surface area contributed by atoms with Gasteiger partial charge in [0.05, 0.1) is 43.4 Å². The molecule has 7 heteroatoms. The highest BCUT2D eigenvalue weighted by Crippen LogP contribution is 2.47. The molecule has 1 rings (SSSR count). The first-order chi connectivity index (χ1) is 15.5. The summed E-state index contributed by atoms with van der Waals surface area (Å²) in [4.78, 5) is 25.1. The van der Waals surface area contributed by atoms with E-state index in [1.807, 2.05) is 48.5 Å². The van der Waals surface area contributed by atoms with Crippen LogP contribution in [0.25, 0.3) is 0 Å². The van der Waals surface area contributed by atoms with E-state index in [0.29, 0.717) is 6.42 Å². The number of ketones is 1. The topological polar surface area (TPSA) is 106 Å². The summed E-state index contributed by atoms with van der Waals surface area (Å²) < 4.78 is 16.3. The highest BCUT2D eigenvalue weighted by molar-refractivity contribution is 5.86. The predicted octanol–water partition coefficient (Wildman–Crippen LogP) is 3.94. The van der Waals surface area contributed by atoms with Gasteiger partial charge in [-0.25, -0.2) is 0 Å². The third kappa shape index (κ3) is 7.12. The van der Waals surface area contributed by atoms with E-state index in [9.17, 15) is 19.8 Å². The van der Waals surface area contributed by atoms with E-state index in [1.54, 1.807) is 6.92 Å². The lowest BCUT2D eigenvalue weighted by Gasteiger charge is -2.39. The maximum absolute atomic E-state index is 13.5. The van der Waals surface area contributed by atoms with Crippen LogP contribution in [0, 0.1) is 29.1 Å². The first kappa shape index (κ1) is 30.8. The first-order valence-electron chi connectivity index (χ1n) is 12.4. The highest BCUT2D eigenvalue weighted by Gasteiger charge is 2.60. The van der Waals surface area contributed by atoms with Gasteiger partial charge in [0.25, 0.3) is 0 Å². The van der Waals surface area contributed by atoms with Gasteiger partial charge in [-0.1, -0.05) is 53.2 Å². The molecule has 1 saturated heterocycles. The minimum atomic E-state index is -0.993. The van der Waals surface area contributed by atoms with Gasteiger partial charge in [0, 0.05) is 24.9 Å². The molecule has 0 amide bonds. The smallest absolute Gasteiger partial charge is 0.308 e. The van der Waals surface area contributed by atoms with Gasteiger partial charge in [0.15, 0.2) is 0 Å². The largest absolute Gasteiger partial charge is 0.469 e. The molecule has 0 aromatic carbocycles. The zero-order valence-electron chi connectivity index (χ0n) is 23.0. The molecule has 2 N–H and O–H groups in total. The van der Waals surface area contributed by atoms with Crippen molar-refractivity contribution < 1.29 is 34.0 Å². The van der Waals surface area contributed by atoms with Crippen LogP contribution in [-0.4, -0.2) is 66.2 Å². The number of ether oxygens (including phenoxy) is 3. The highest BCUT2D eigenvalue weighted by atomic mass is 16.6. The molecule has 0 saturated carbocycles. The van der Waals surface area contributed by atoms with Gasteiger partial charge in [0.1, 0.15) is 11.4 Å². The Kier molecular flexibility index (Phi) is 11.0. The van der Waals surface area contributed by atoms with Crippen molar-refractivity contribution in [1.29, 1.82) is 0 Å². The molecule has 1 heterocycles. The SMILES string of the molecule is COC(=O)C[C@@H](O)[C@@H](C)[C@@H](OC)C(C)(C)C(=O)[C@H](C)C[C@H](C)[C@H](O)[C@@]1(C)O[C@@H]1[C@@H](C)C=C(C)C. The number of rotatable bonds is 14. The Labute approximate surface area is 206 Å². The Morgan fingerprint density at radius 3 is 2.15 bits per heavy atom. The number of esters is 1. The summed E-state index contributed by atoms with van der Waals surface area (Å²) in [5.41, 5.74) is -0.312. The van der Waals surface area contributed by atoms with Crippen LogP contribution in [0.4, 0.5) is 0 Å². The third-order valence-corrected chi connectivity index (χ3v) is 7.55. The van der Waals surface area contributed by atoms with Crippen molar-refractivity contribution in [2.75, 3.05) is 14.2 Å². The molecule has 0 aliphatic carbocycles. The van der Waals surface area contributed by atoms with Crippen molar-refractivity contribution in [3.8, 4) is 0 Å². The summed E-state index contributed by atoms with van der Waals surface area (Å²) in [5.74, 6) is -1.26. The van der Waals surface area contributed by atoms with Crippen LogP contribution in [0.3, 0.4) is 0 Å². The molecule has 7 nitrogen and oxygen atoms in total. The zero-order chi connectivity index (χ0) is 26.6. The molecule has 1 aliphatic rings. The van der Waals surface area contributed by atoms with Gasteiger partial charge in [-0.3, -0.25) is 9.59 Å². The standard InChI is InChI=1S/C27H48O7/c1-15(2)12-18(5)24-27(9,34-24)23(31)17(4)13-16(3)22(30)26(7,8)25(33-11)19(6)20(28)14-21(29)32-10/h12,16-20,23-25,28,31H,13-14H2,1-11H3/t16-,17+,18+,19-,20-,23+,24-,25-,27-/m1/s1. The first-order valence-corrected chi connectivity index (χ1v) is 12.4. The fourth-order valence-corrected chi connectivity index (χ4v) is 5.66. The van der Waals surface area contributed by atoms with E-state index in [1.165, 1.54) is 19.8 Å². The molecule has 34 heavy (non-hydrogen) atoms. The molecule has 0 spiro atoms. The Hall–Kier alpha value is -1.28. The lowest BCUT2D eigenvalue weighted by molar-refractivity contribution is -0.149. The van der Waals surface area contributed by atoms with Gasteiger partial charge >= 0.3 is 5.97 Å². The van der Waals surface area contributed by atoms with Crippen molar-refractivity contribution in [1.82, 2.24) is 0 Å². The molecular weight excluding hydrogens is 436 g/mol. The average Bonchev–Trinajstić information content (AvgIpc) is 3.44. The van der Waals surface area contributed by atoms with E-state index < -0.39 is 41.2 Å². The number of hydrogen-bond donors (Lipinski definition) is 2. The van der Waals surface area contributed by atoms with Gasteiger partial charge in [-0.05, 0) is 33.1 Å². The van der Waals surface area contributed by atoms with E-state index >= 15 is 0 Å². The van der Waals surface area contributed by atoms with Crippen LogP contribution in [0.15, 0.2) is 11.6 Å². The number of Topliss-reactive ketones (excluding diaryl/α,β-unsaturated/α-hetero) is 1. The van der Waals surface area contributed by atoms with Crippen molar-refractivity contribution in [2.45, 2.75) is 105 Å². The van der Waals surface area contributed by atoms with Crippen LogP contribution < -0.4 is 0 Å². The number of hydrogen-bond acceptors (Lipinski definition) is 7. The average molecular weight is 485 g/mol. The number of allylic oxidation sites excluding steroid dienone is 1. The molecular formula is C27H48O7. The number of aliphatic hydroxyl groups excluding tert-OH is 2. The summed E-state index contributed by atoms with van der Waals surface area (Å²) in [5, 5.41) is 21.6. The zero-order valence-corrected chi connectivity index (χ0v) is 23.0. The van der Waals surface area contributed by atoms with E-state index in [4.69, 9.17) is 9.47 Å². The molecule has 198 valence electrons. The molecule has 0 unspecified atom stereocenters. The minimum absolute atomic E-state index is 0.00755. The van der Waals surface area contributed by atoms with Gasteiger partial charge in [-0.2, -0.15) is 0 Å². The predicted molar refractivity (Wildman–Crippen MR) is 132 cm³/mol. The molecule has 0 aromatic heterocycles. The second-order valence-electron chi connectivity index (χ2n) is 11.3. The fourth-order valence-electron chi connectivity index (χ4n) is 5.66. The lowest BCUT2D eigenvalue weighted by atomic mass is 9.70. The van der Waals surface area contributed by atoms with Crippen molar-refractivity contribution >= 4 is 11.8 Å². The maximum Gasteiger partial charge on any atom is 0.308 e. The number of epoxide rings is 1. The normalized spacial score (nSPS) is 26.4. The number of methoxy groups -OCH3 is 2. The second-order valence-corrected chi connectivity index (χ2v) is 11.3.